The van der Waals surface area contributed by atoms with Crippen molar-refractivity contribution in [1.29, 1.82) is 0 Å². The van der Waals surface area contributed by atoms with Crippen molar-refractivity contribution in [3.63, 3.8) is 0 Å². The molecule has 0 radical (unpaired) electrons. The second-order valence-electron chi connectivity index (χ2n) is 3.64. The third kappa shape index (κ3) is 5.09. The molecule has 3 nitrogen and oxygen atoms in total. The lowest BCUT2D eigenvalue weighted by Gasteiger charge is -2.08. The minimum absolute atomic E-state index is 0.0492. The largest absolute Gasteiger partial charge is 0.462 e. The first-order valence-electron chi connectivity index (χ1n) is 5.83. The van der Waals surface area contributed by atoms with Gasteiger partial charge in [0.15, 0.2) is 5.78 Å². The Kier molecular flexibility index (Phi) is 6.67. The number of rotatable bonds is 7. The molecule has 1 aromatic rings. The molecule has 0 amide bonds. The van der Waals surface area contributed by atoms with E-state index in [0.29, 0.717) is 22.8 Å². The molecule has 1 aromatic carbocycles. The lowest BCUT2D eigenvalue weighted by Crippen LogP contribution is -2.04. The van der Waals surface area contributed by atoms with Crippen molar-refractivity contribution in [2.24, 2.45) is 0 Å². The minimum atomic E-state index is -0.443. The van der Waals surface area contributed by atoms with Crippen LogP contribution in [-0.4, -0.2) is 24.1 Å². The van der Waals surface area contributed by atoms with Crippen LogP contribution in [0.1, 0.15) is 23.7 Å². The molecule has 0 fully saturated rings. The van der Waals surface area contributed by atoms with Crippen LogP contribution in [0.25, 0.3) is 0 Å². The molecule has 0 heterocycles. The van der Waals surface area contributed by atoms with Crippen molar-refractivity contribution in [3.05, 3.63) is 41.4 Å². The van der Waals surface area contributed by atoms with E-state index in [1.54, 1.807) is 12.1 Å². The molecule has 0 unspecified atom stereocenters. The van der Waals surface area contributed by atoms with Gasteiger partial charge in [-0.25, -0.2) is 4.79 Å². The molecule has 0 saturated heterocycles. The van der Waals surface area contributed by atoms with Gasteiger partial charge in [0.25, 0.3) is 0 Å². The van der Waals surface area contributed by atoms with Crippen molar-refractivity contribution in [2.45, 2.75) is 18.2 Å². The SMILES string of the molecule is C=CC(=O)OCCSc1ccc(Cl)cc1C(=O)CC. The highest BCUT2D eigenvalue weighted by Crippen LogP contribution is 2.26. The smallest absolute Gasteiger partial charge is 0.330 e. The van der Waals surface area contributed by atoms with Crippen LogP contribution in [0.2, 0.25) is 5.02 Å². The second kappa shape index (κ2) is 8.02. The van der Waals surface area contributed by atoms with Crippen LogP contribution >= 0.6 is 23.4 Å². The number of thioether (sulfide) groups is 1. The van der Waals surface area contributed by atoms with E-state index in [2.05, 4.69) is 6.58 Å². The molecular formula is C14H15ClO3S. The van der Waals surface area contributed by atoms with Crippen molar-refractivity contribution in [1.82, 2.24) is 0 Å². The molecule has 0 aliphatic carbocycles. The Labute approximate surface area is 122 Å². The van der Waals surface area contributed by atoms with Gasteiger partial charge in [0, 0.05) is 33.7 Å². The van der Waals surface area contributed by atoms with E-state index in [1.807, 2.05) is 13.0 Å². The number of hydrogen-bond donors (Lipinski definition) is 0. The summed E-state index contributed by atoms with van der Waals surface area (Å²) in [6.45, 7) is 5.40. The van der Waals surface area contributed by atoms with Gasteiger partial charge in [-0.1, -0.05) is 25.1 Å². The number of carbonyl (C=O) groups excluding carboxylic acids is 2. The molecule has 0 aromatic heterocycles. The van der Waals surface area contributed by atoms with E-state index < -0.39 is 5.97 Å². The average Bonchev–Trinajstić information content (AvgIpc) is 2.43. The van der Waals surface area contributed by atoms with Crippen LogP contribution < -0.4 is 0 Å². The number of hydrogen-bond acceptors (Lipinski definition) is 4. The van der Waals surface area contributed by atoms with Crippen LogP contribution in [-0.2, 0) is 9.53 Å². The molecule has 0 saturated carbocycles. The first-order chi connectivity index (χ1) is 9.08. The Bertz CT molecular complexity index is 486. The molecule has 0 N–H and O–H groups in total. The molecule has 0 atom stereocenters. The Balaban J connectivity index is 2.65. The van der Waals surface area contributed by atoms with Crippen LogP contribution in [0, 0.1) is 0 Å². The van der Waals surface area contributed by atoms with Crippen LogP contribution in [0.4, 0.5) is 0 Å². The molecule has 0 aliphatic heterocycles. The van der Waals surface area contributed by atoms with Gasteiger partial charge in [-0.05, 0) is 18.2 Å². The minimum Gasteiger partial charge on any atom is -0.462 e. The molecule has 0 spiro atoms. The van der Waals surface area contributed by atoms with Gasteiger partial charge in [0.2, 0.25) is 0 Å². The lowest BCUT2D eigenvalue weighted by molar-refractivity contribution is -0.137. The van der Waals surface area contributed by atoms with Gasteiger partial charge in [-0.2, -0.15) is 0 Å². The highest BCUT2D eigenvalue weighted by atomic mass is 35.5. The summed E-state index contributed by atoms with van der Waals surface area (Å²) in [6, 6.07) is 5.22. The topological polar surface area (TPSA) is 43.4 Å². The number of ketones is 1. The number of ether oxygens (including phenoxy) is 1. The second-order valence-corrected chi connectivity index (χ2v) is 5.21. The standard InChI is InChI=1S/C14H15ClO3S/c1-3-12(16)11-9-10(15)5-6-13(11)19-8-7-18-14(17)4-2/h4-6,9H,2-3,7-8H2,1H3. The van der Waals surface area contributed by atoms with Crippen LogP contribution in [0.3, 0.4) is 0 Å². The van der Waals surface area contributed by atoms with Gasteiger partial charge in [0.1, 0.15) is 6.61 Å². The fourth-order valence-corrected chi connectivity index (χ4v) is 2.44. The van der Waals surface area contributed by atoms with Crippen LogP contribution in [0.5, 0.6) is 0 Å². The van der Waals surface area contributed by atoms with E-state index in [9.17, 15) is 9.59 Å². The summed E-state index contributed by atoms with van der Waals surface area (Å²) < 4.78 is 4.87. The summed E-state index contributed by atoms with van der Waals surface area (Å²) in [4.78, 5) is 23.5. The van der Waals surface area contributed by atoms with Crippen molar-refractivity contribution in [2.75, 3.05) is 12.4 Å². The number of halogens is 1. The zero-order valence-electron chi connectivity index (χ0n) is 10.6. The lowest BCUT2D eigenvalue weighted by atomic mass is 10.1. The van der Waals surface area contributed by atoms with E-state index >= 15 is 0 Å². The third-order valence-corrected chi connectivity index (χ3v) is 3.59. The Hall–Kier alpha value is -1.26. The summed E-state index contributed by atoms with van der Waals surface area (Å²) in [5, 5.41) is 0.541. The monoisotopic (exact) mass is 298 g/mol. The third-order valence-electron chi connectivity index (χ3n) is 2.32. The van der Waals surface area contributed by atoms with Crippen molar-refractivity contribution < 1.29 is 14.3 Å². The molecule has 5 heteroatoms. The normalized spacial score (nSPS) is 10.0. The van der Waals surface area contributed by atoms with Crippen molar-refractivity contribution in [3.8, 4) is 0 Å². The van der Waals surface area contributed by atoms with Gasteiger partial charge in [0.05, 0.1) is 0 Å². The predicted octanol–water partition coefficient (Wildman–Crippen LogP) is 3.75. The molecule has 19 heavy (non-hydrogen) atoms. The summed E-state index contributed by atoms with van der Waals surface area (Å²) in [6.07, 6.45) is 1.55. The molecule has 0 aliphatic rings. The summed E-state index contributed by atoms with van der Waals surface area (Å²) >= 11 is 7.36. The summed E-state index contributed by atoms with van der Waals surface area (Å²) in [5.41, 5.74) is 0.620. The van der Waals surface area contributed by atoms with Gasteiger partial charge >= 0.3 is 5.97 Å². The van der Waals surface area contributed by atoms with Crippen molar-refractivity contribution >= 4 is 35.1 Å². The van der Waals surface area contributed by atoms with E-state index in [1.165, 1.54) is 11.8 Å². The number of esters is 1. The maximum atomic E-state index is 11.8. The first-order valence-corrected chi connectivity index (χ1v) is 7.19. The van der Waals surface area contributed by atoms with E-state index in [-0.39, 0.29) is 12.4 Å². The maximum absolute atomic E-state index is 11.8. The maximum Gasteiger partial charge on any atom is 0.330 e. The predicted molar refractivity (Wildman–Crippen MR) is 78.0 cm³/mol. The summed E-state index contributed by atoms with van der Waals surface area (Å²) in [7, 11) is 0. The quantitative estimate of drug-likeness (QED) is 0.253. The molecule has 102 valence electrons. The molecular weight excluding hydrogens is 284 g/mol. The summed E-state index contributed by atoms with van der Waals surface area (Å²) in [5.74, 6) is 0.181. The molecule has 1 rings (SSSR count). The first kappa shape index (κ1) is 15.8. The fourth-order valence-electron chi connectivity index (χ4n) is 1.39. The van der Waals surface area contributed by atoms with Gasteiger partial charge in [-0.15, -0.1) is 11.8 Å². The fraction of sp³-hybridized carbons (Fsp3) is 0.286. The van der Waals surface area contributed by atoms with Gasteiger partial charge in [-0.3, -0.25) is 4.79 Å². The van der Waals surface area contributed by atoms with Crippen LogP contribution in [0.15, 0.2) is 35.7 Å². The number of benzene rings is 1. The highest BCUT2D eigenvalue weighted by Gasteiger charge is 2.11. The number of carbonyl (C=O) groups is 2. The zero-order valence-corrected chi connectivity index (χ0v) is 12.2. The number of Topliss-reactive ketones (excluding diaryl/α,β-unsaturated/α-hetero) is 1. The highest BCUT2D eigenvalue weighted by molar-refractivity contribution is 7.99. The zero-order chi connectivity index (χ0) is 14.3. The Morgan fingerprint density at radius 3 is 2.84 bits per heavy atom. The van der Waals surface area contributed by atoms with E-state index in [0.717, 1.165) is 11.0 Å². The Morgan fingerprint density at radius 1 is 1.47 bits per heavy atom. The van der Waals surface area contributed by atoms with Gasteiger partial charge < -0.3 is 4.74 Å². The molecule has 0 bridgehead atoms. The van der Waals surface area contributed by atoms with E-state index in [4.69, 9.17) is 16.3 Å². The Morgan fingerprint density at radius 2 is 2.21 bits per heavy atom. The average molecular weight is 299 g/mol.